The van der Waals surface area contributed by atoms with Crippen molar-refractivity contribution in [3.63, 3.8) is 0 Å². The van der Waals surface area contributed by atoms with Gasteiger partial charge in [-0.05, 0) is 31.4 Å². The van der Waals surface area contributed by atoms with Gasteiger partial charge in [0, 0.05) is 12.6 Å². The van der Waals surface area contributed by atoms with Crippen molar-refractivity contribution in [1.29, 1.82) is 0 Å². The van der Waals surface area contributed by atoms with Crippen LogP contribution in [0.4, 0.5) is 0 Å². The number of fused-ring (bicyclic) bond motifs is 1. The van der Waals surface area contributed by atoms with Crippen molar-refractivity contribution in [3.8, 4) is 0 Å². The van der Waals surface area contributed by atoms with Crippen molar-refractivity contribution in [1.82, 2.24) is 14.9 Å². The average Bonchev–Trinajstić information content (AvgIpc) is 2.57. The van der Waals surface area contributed by atoms with Gasteiger partial charge >= 0.3 is 0 Å². The molecule has 0 spiro atoms. The summed E-state index contributed by atoms with van der Waals surface area (Å²) in [6, 6.07) is 7.38. The molecule has 1 aromatic carbocycles. The van der Waals surface area contributed by atoms with E-state index >= 15 is 0 Å². The monoisotopic (exact) mass is 347 g/mol. The molecule has 0 radical (unpaired) electrons. The van der Waals surface area contributed by atoms with Gasteiger partial charge in [-0.15, -0.1) is 0 Å². The predicted octanol–water partition coefficient (Wildman–Crippen LogP) is 3.23. The third-order valence-corrected chi connectivity index (χ3v) is 4.80. The molecule has 0 fully saturated rings. The molecule has 0 aliphatic carbocycles. The predicted molar refractivity (Wildman–Crippen MR) is 99.6 cm³/mol. The van der Waals surface area contributed by atoms with Crippen LogP contribution in [-0.2, 0) is 4.79 Å². The summed E-state index contributed by atoms with van der Waals surface area (Å²) in [5, 5.41) is 4.11. The fourth-order valence-corrected chi connectivity index (χ4v) is 3.22. The second-order valence-electron chi connectivity index (χ2n) is 6.33. The molecule has 0 bridgehead atoms. The highest BCUT2D eigenvalue weighted by molar-refractivity contribution is 7.99. The third kappa shape index (κ3) is 4.38. The Labute approximate surface area is 146 Å². The van der Waals surface area contributed by atoms with Gasteiger partial charge in [-0.3, -0.25) is 14.2 Å². The molecule has 1 atom stereocenters. The Kier molecular flexibility index (Phi) is 6.43. The number of hydrogen-bond acceptors (Lipinski definition) is 4. The van der Waals surface area contributed by atoms with E-state index < -0.39 is 0 Å². The molecule has 1 aromatic heterocycles. The first kappa shape index (κ1) is 18.5. The molecule has 1 heterocycles. The molecule has 1 amide bonds. The molecule has 2 rings (SSSR count). The lowest BCUT2D eigenvalue weighted by Crippen LogP contribution is -2.30. The molecule has 0 unspecified atom stereocenters. The molecule has 0 aliphatic rings. The first-order valence-electron chi connectivity index (χ1n) is 8.34. The van der Waals surface area contributed by atoms with Gasteiger partial charge in [0.1, 0.15) is 0 Å². The normalized spacial score (nSPS) is 12.5. The van der Waals surface area contributed by atoms with Gasteiger partial charge in [0.05, 0.1) is 16.7 Å². The number of amides is 1. The molecule has 2 aromatic rings. The number of benzene rings is 1. The smallest absolute Gasteiger partial charge is 0.262 e. The first-order chi connectivity index (χ1) is 11.4. The van der Waals surface area contributed by atoms with Crippen LogP contribution in [0.15, 0.2) is 34.2 Å². The summed E-state index contributed by atoms with van der Waals surface area (Å²) < 4.78 is 1.71. The van der Waals surface area contributed by atoms with Crippen LogP contribution in [-0.4, -0.2) is 27.8 Å². The summed E-state index contributed by atoms with van der Waals surface area (Å²) in [6.45, 7) is 8.80. The van der Waals surface area contributed by atoms with Crippen molar-refractivity contribution < 1.29 is 4.79 Å². The summed E-state index contributed by atoms with van der Waals surface area (Å²) >= 11 is 1.32. The highest BCUT2D eigenvalue weighted by Gasteiger charge is 2.16. The van der Waals surface area contributed by atoms with Crippen LogP contribution in [0, 0.1) is 5.92 Å². The van der Waals surface area contributed by atoms with E-state index in [2.05, 4.69) is 24.1 Å². The van der Waals surface area contributed by atoms with Crippen LogP contribution in [0.2, 0.25) is 0 Å². The van der Waals surface area contributed by atoms with Crippen LogP contribution < -0.4 is 10.9 Å². The van der Waals surface area contributed by atoms with Gasteiger partial charge in [0.2, 0.25) is 5.91 Å². The Morgan fingerprint density at radius 3 is 2.67 bits per heavy atom. The van der Waals surface area contributed by atoms with Gasteiger partial charge in [-0.25, -0.2) is 4.98 Å². The van der Waals surface area contributed by atoms with Crippen molar-refractivity contribution in [3.05, 3.63) is 34.6 Å². The number of aromatic nitrogens is 2. The lowest BCUT2D eigenvalue weighted by molar-refractivity contribution is -0.118. The summed E-state index contributed by atoms with van der Waals surface area (Å²) in [5.74, 6) is 0.636. The number of hydrogen-bond donors (Lipinski definition) is 1. The van der Waals surface area contributed by atoms with Crippen LogP contribution in [0.1, 0.15) is 40.2 Å². The molecule has 0 saturated carbocycles. The van der Waals surface area contributed by atoms with E-state index in [1.54, 1.807) is 10.6 Å². The zero-order valence-corrected chi connectivity index (χ0v) is 15.5. The molecule has 5 nitrogen and oxygen atoms in total. The minimum atomic E-state index is -0.0416. The van der Waals surface area contributed by atoms with Crippen LogP contribution in [0.5, 0.6) is 0 Å². The standard InChI is InChI=1S/C18H25N3O2S/c1-5-13(4)21-17(23)14-8-6-7-9-15(14)20-18(21)24-11-16(22)19-10-12(2)3/h6-9,12-13H,5,10-11H2,1-4H3,(H,19,22)/t13-/m1/s1. The van der Waals surface area contributed by atoms with Gasteiger partial charge in [0.25, 0.3) is 5.56 Å². The van der Waals surface area contributed by atoms with E-state index in [9.17, 15) is 9.59 Å². The molecule has 6 heteroatoms. The third-order valence-electron chi connectivity index (χ3n) is 3.85. The maximum Gasteiger partial charge on any atom is 0.262 e. The molecule has 130 valence electrons. The average molecular weight is 347 g/mol. The zero-order valence-electron chi connectivity index (χ0n) is 14.7. The SMILES string of the molecule is CC[C@@H](C)n1c(SCC(=O)NCC(C)C)nc2ccccc2c1=O. The Bertz CT molecular complexity index is 770. The van der Waals surface area contributed by atoms with E-state index in [4.69, 9.17) is 0 Å². The molecule has 1 N–H and O–H groups in total. The van der Waals surface area contributed by atoms with Gasteiger partial charge < -0.3 is 5.32 Å². The molecule has 0 saturated heterocycles. The zero-order chi connectivity index (χ0) is 17.7. The maximum absolute atomic E-state index is 12.8. The molecular weight excluding hydrogens is 322 g/mol. The fourth-order valence-electron chi connectivity index (χ4n) is 2.30. The molecule has 24 heavy (non-hydrogen) atoms. The number of para-hydroxylation sites is 1. The molecule has 0 aliphatic heterocycles. The van der Waals surface area contributed by atoms with Crippen LogP contribution >= 0.6 is 11.8 Å². The number of carbonyl (C=O) groups is 1. The van der Waals surface area contributed by atoms with Gasteiger partial charge in [0.15, 0.2) is 5.16 Å². The van der Waals surface area contributed by atoms with Crippen molar-refractivity contribution in [2.75, 3.05) is 12.3 Å². The lowest BCUT2D eigenvalue weighted by atomic mass is 10.2. The largest absolute Gasteiger partial charge is 0.355 e. The van der Waals surface area contributed by atoms with E-state index in [-0.39, 0.29) is 23.3 Å². The van der Waals surface area contributed by atoms with Gasteiger partial charge in [-0.2, -0.15) is 0 Å². The van der Waals surface area contributed by atoms with Crippen molar-refractivity contribution >= 4 is 28.6 Å². The van der Waals surface area contributed by atoms with E-state index in [1.807, 2.05) is 32.0 Å². The van der Waals surface area contributed by atoms with Gasteiger partial charge in [-0.1, -0.05) is 44.7 Å². The minimum absolute atomic E-state index is 0.0354. The summed E-state index contributed by atoms with van der Waals surface area (Å²) in [7, 11) is 0. The minimum Gasteiger partial charge on any atom is -0.355 e. The quantitative estimate of drug-likeness (QED) is 0.617. The summed E-state index contributed by atoms with van der Waals surface area (Å²) in [4.78, 5) is 29.4. The number of thioether (sulfide) groups is 1. The molecular formula is C18H25N3O2S. The van der Waals surface area contributed by atoms with Crippen LogP contribution in [0.3, 0.4) is 0 Å². The lowest BCUT2D eigenvalue weighted by Gasteiger charge is -2.18. The van der Waals surface area contributed by atoms with Crippen LogP contribution in [0.25, 0.3) is 10.9 Å². The second kappa shape index (κ2) is 8.33. The maximum atomic E-state index is 12.8. The Morgan fingerprint density at radius 2 is 2.00 bits per heavy atom. The first-order valence-corrected chi connectivity index (χ1v) is 9.33. The Morgan fingerprint density at radius 1 is 1.29 bits per heavy atom. The van der Waals surface area contributed by atoms with Crippen molar-refractivity contribution in [2.24, 2.45) is 5.92 Å². The Hall–Kier alpha value is -1.82. The summed E-state index contributed by atoms with van der Waals surface area (Å²) in [6.07, 6.45) is 0.826. The summed E-state index contributed by atoms with van der Waals surface area (Å²) in [5.41, 5.74) is 0.632. The van der Waals surface area contributed by atoms with E-state index in [0.29, 0.717) is 28.5 Å². The van der Waals surface area contributed by atoms with Crippen molar-refractivity contribution in [2.45, 2.75) is 45.3 Å². The second-order valence-corrected chi connectivity index (χ2v) is 7.27. The highest BCUT2D eigenvalue weighted by Crippen LogP contribution is 2.22. The number of nitrogens with zero attached hydrogens (tertiary/aromatic N) is 2. The highest BCUT2D eigenvalue weighted by atomic mass is 32.2. The fraction of sp³-hybridized carbons (Fsp3) is 0.500. The number of rotatable bonds is 7. The Balaban J connectivity index is 2.30. The van der Waals surface area contributed by atoms with E-state index in [1.165, 1.54) is 11.8 Å². The topological polar surface area (TPSA) is 64.0 Å². The number of nitrogens with one attached hydrogen (secondary N) is 1. The van der Waals surface area contributed by atoms with E-state index in [0.717, 1.165) is 6.42 Å². The number of carbonyl (C=O) groups excluding carboxylic acids is 1.